The highest BCUT2D eigenvalue weighted by Crippen LogP contribution is 2.25. The maximum Gasteiger partial charge on any atom is 0.269 e. The molecule has 106 valence electrons. The van der Waals surface area contributed by atoms with Crippen LogP contribution in [-0.2, 0) is 4.74 Å². The Kier molecular flexibility index (Phi) is 4.82. The second-order valence-electron chi connectivity index (χ2n) is 5.28. The van der Waals surface area contributed by atoms with Crippen molar-refractivity contribution in [1.82, 2.24) is 15.3 Å². The van der Waals surface area contributed by atoms with Gasteiger partial charge in [0.05, 0.1) is 12.3 Å². The lowest BCUT2D eigenvalue weighted by atomic mass is 9.87. The summed E-state index contributed by atoms with van der Waals surface area (Å²) in [6.07, 6.45) is 3.81. The zero-order valence-corrected chi connectivity index (χ0v) is 12.0. The Bertz CT molecular complexity index is 433. The molecule has 2 heterocycles. The van der Waals surface area contributed by atoms with Crippen molar-refractivity contribution in [1.29, 1.82) is 0 Å². The molecular formula is C13H20ClN3O2. The largest absolute Gasteiger partial charge is 0.378 e. The number of imidazole rings is 1. The van der Waals surface area contributed by atoms with Crippen LogP contribution in [0.15, 0.2) is 6.20 Å². The van der Waals surface area contributed by atoms with E-state index in [1.54, 1.807) is 0 Å². The number of amides is 1. The van der Waals surface area contributed by atoms with E-state index in [1.165, 1.54) is 6.20 Å². The number of carbonyl (C=O) groups is 1. The van der Waals surface area contributed by atoms with Gasteiger partial charge in [-0.1, -0.05) is 13.8 Å². The van der Waals surface area contributed by atoms with Crippen LogP contribution in [0.1, 0.15) is 37.2 Å². The minimum absolute atomic E-state index is 0.174. The third kappa shape index (κ3) is 3.70. The first-order valence-corrected chi connectivity index (χ1v) is 7.06. The van der Waals surface area contributed by atoms with Gasteiger partial charge in [-0.3, -0.25) is 4.79 Å². The number of aromatic nitrogens is 2. The Morgan fingerprint density at radius 2 is 2.47 bits per heavy atom. The fraction of sp³-hybridized carbons (Fsp3) is 0.692. The van der Waals surface area contributed by atoms with Crippen molar-refractivity contribution in [3.8, 4) is 0 Å². The van der Waals surface area contributed by atoms with Gasteiger partial charge in [0.1, 0.15) is 5.69 Å². The standard InChI is InChI=1S/C13H20ClN3O2/c1-8(2)11-9(4-3-5-19-11)6-15-12(18)10-7-16-13(14)17-10/h7-9,11H,3-6H2,1-2H3,(H,15,18)(H,16,17). The van der Waals surface area contributed by atoms with Crippen LogP contribution in [0.3, 0.4) is 0 Å². The highest BCUT2D eigenvalue weighted by molar-refractivity contribution is 6.28. The zero-order chi connectivity index (χ0) is 13.8. The van der Waals surface area contributed by atoms with Crippen LogP contribution in [0.5, 0.6) is 0 Å². The monoisotopic (exact) mass is 285 g/mol. The van der Waals surface area contributed by atoms with Gasteiger partial charge in [0.15, 0.2) is 0 Å². The molecule has 0 spiro atoms. The van der Waals surface area contributed by atoms with E-state index in [0.29, 0.717) is 24.1 Å². The maximum atomic E-state index is 11.9. The maximum absolute atomic E-state index is 11.9. The number of nitrogens with one attached hydrogen (secondary N) is 2. The number of aromatic amines is 1. The summed E-state index contributed by atoms with van der Waals surface area (Å²) < 4.78 is 5.80. The number of halogens is 1. The average Bonchev–Trinajstić information content (AvgIpc) is 2.83. The van der Waals surface area contributed by atoms with Crippen LogP contribution in [0, 0.1) is 11.8 Å². The summed E-state index contributed by atoms with van der Waals surface area (Å²) in [7, 11) is 0. The van der Waals surface area contributed by atoms with Gasteiger partial charge in [0.25, 0.3) is 5.91 Å². The minimum atomic E-state index is -0.174. The van der Waals surface area contributed by atoms with E-state index in [-0.39, 0.29) is 17.3 Å². The molecule has 2 N–H and O–H groups in total. The van der Waals surface area contributed by atoms with Crippen LogP contribution >= 0.6 is 11.6 Å². The van der Waals surface area contributed by atoms with Crippen molar-refractivity contribution >= 4 is 17.5 Å². The molecule has 5 nitrogen and oxygen atoms in total. The van der Waals surface area contributed by atoms with Gasteiger partial charge in [-0.05, 0) is 30.4 Å². The SMILES string of the molecule is CC(C)C1OCCCC1CNC(=O)c1cnc(Cl)[nH]1. The van der Waals surface area contributed by atoms with E-state index in [0.717, 1.165) is 19.4 Å². The van der Waals surface area contributed by atoms with Crippen molar-refractivity contribution in [2.75, 3.05) is 13.2 Å². The number of H-pyrrole nitrogens is 1. The van der Waals surface area contributed by atoms with E-state index in [4.69, 9.17) is 16.3 Å². The highest BCUT2D eigenvalue weighted by Gasteiger charge is 2.28. The predicted octanol–water partition coefficient (Wildman–Crippen LogP) is 2.24. The van der Waals surface area contributed by atoms with Crippen molar-refractivity contribution < 1.29 is 9.53 Å². The van der Waals surface area contributed by atoms with Crippen LogP contribution in [0.2, 0.25) is 5.28 Å². The van der Waals surface area contributed by atoms with Crippen LogP contribution in [-0.4, -0.2) is 35.1 Å². The molecule has 19 heavy (non-hydrogen) atoms. The quantitative estimate of drug-likeness (QED) is 0.891. The number of carbonyl (C=O) groups excluding carboxylic acids is 1. The molecule has 0 aromatic carbocycles. The molecule has 0 aliphatic carbocycles. The van der Waals surface area contributed by atoms with Crippen LogP contribution < -0.4 is 5.32 Å². The first-order valence-electron chi connectivity index (χ1n) is 6.68. The van der Waals surface area contributed by atoms with Gasteiger partial charge >= 0.3 is 0 Å². The van der Waals surface area contributed by atoms with Crippen LogP contribution in [0.25, 0.3) is 0 Å². The fourth-order valence-electron chi connectivity index (χ4n) is 2.55. The lowest BCUT2D eigenvalue weighted by Crippen LogP contribution is -2.41. The third-order valence-corrected chi connectivity index (χ3v) is 3.66. The number of rotatable bonds is 4. The van der Waals surface area contributed by atoms with Gasteiger partial charge < -0.3 is 15.0 Å². The fourth-order valence-corrected chi connectivity index (χ4v) is 2.70. The van der Waals surface area contributed by atoms with E-state index in [9.17, 15) is 4.79 Å². The topological polar surface area (TPSA) is 67.0 Å². The molecule has 2 atom stereocenters. The molecule has 1 aliphatic heterocycles. The number of hydrogen-bond acceptors (Lipinski definition) is 3. The number of nitrogens with zero attached hydrogens (tertiary/aromatic N) is 1. The van der Waals surface area contributed by atoms with Crippen LogP contribution in [0.4, 0.5) is 0 Å². The Morgan fingerprint density at radius 3 is 3.11 bits per heavy atom. The molecule has 0 saturated carbocycles. The number of hydrogen-bond donors (Lipinski definition) is 2. The second-order valence-corrected chi connectivity index (χ2v) is 5.64. The molecule has 1 aromatic rings. The van der Waals surface area contributed by atoms with Crippen molar-refractivity contribution in [2.24, 2.45) is 11.8 Å². The van der Waals surface area contributed by atoms with Gasteiger partial charge in [-0.25, -0.2) is 4.98 Å². The zero-order valence-electron chi connectivity index (χ0n) is 11.3. The van der Waals surface area contributed by atoms with E-state index >= 15 is 0 Å². The molecule has 2 rings (SSSR count). The normalized spacial score (nSPS) is 23.6. The van der Waals surface area contributed by atoms with Gasteiger partial charge in [0, 0.05) is 19.1 Å². The molecule has 1 fully saturated rings. The lowest BCUT2D eigenvalue weighted by molar-refractivity contribution is -0.0510. The van der Waals surface area contributed by atoms with Gasteiger partial charge in [-0.2, -0.15) is 0 Å². The molecule has 2 unspecified atom stereocenters. The molecular weight excluding hydrogens is 266 g/mol. The van der Waals surface area contributed by atoms with E-state index in [2.05, 4.69) is 29.1 Å². The summed E-state index contributed by atoms with van der Waals surface area (Å²) in [6, 6.07) is 0. The van der Waals surface area contributed by atoms with E-state index in [1.807, 2.05) is 0 Å². The molecule has 1 amide bonds. The summed E-state index contributed by atoms with van der Waals surface area (Å²) in [5.41, 5.74) is 0.392. The Hall–Kier alpha value is -1.07. The summed E-state index contributed by atoms with van der Waals surface area (Å²) in [5.74, 6) is 0.660. The lowest BCUT2D eigenvalue weighted by Gasteiger charge is -2.34. The Morgan fingerprint density at radius 1 is 1.68 bits per heavy atom. The molecule has 1 saturated heterocycles. The number of ether oxygens (including phenoxy) is 1. The summed E-state index contributed by atoms with van der Waals surface area (Å²) in [4.78, 5) is 18.4. The summed E-state index contributed by atoms with van der Waals surface area (Å²) in [6.45, 7) is 5.75. The van der Waals surface area contributed by atoms with Crippen molar-refractivity contribution in [3.05, 3.63) is 17.2 Å². The Labute approximate surface area is 118 Å². The molecule has 1 aliphatic rings. The molecule has 0 radical (unpaired) electrons. The van der Waals surface area contributed by atoms with Gasteiger partial charge in [0.2, 0.25) is 5.28 Å². The second kappa shape index (κ2) is 6.39. The Balaban J connectivity index is 1.88. The van der Waals surface area contributed by atoms with E-state index < -0.39 is 0 Å². The molecule has 6 heteroatoms. The first kappa shape index (κ1) is 14.3. The third-order valence-electron chi connectivity index (χ3n) is 3.47. The summed E-state index contributed by atoms with van der Waals surface area (Å²) in [5, 5.41) is 3.15. The smallest absolute Gasteiger partial charge is 0.269 e. The first-order chi connectivity index (χ1) is 9.08. The van der Waals surface area contributed by atoms with Gasteiger partial charge in [-0.15, -0.1) is 0 Å². The predicted molar refractivity (Wildman–Crippen MR) is 73.2 cm³/mol. The van der Waals surface area contributed by atoms with Crippen molar-refractivity contribution in [3.63, 3.8) is 0 Å². The minimum Gasteiger partial charge on any atom is -0.378 e. The molecule has 0 bridgehead atoms. The highest BCUT2D eigenvalue weighted by atomic mass is 35.5. The summed E-state index contributed by atoms with van der Waals surface area (Å²) >= 11 is 5.65. The molecule has 1 aromatic heterocycles. The van der Waals surface area contributed by atoms with Crippen molar-refractivity contribution in [2.45, 2.75) is 32.8 Å². The average molecular weight is 286 g/mol.